The maximum atomic E-state index is 6.79. The highest BCUT2D eigenvalue weighted by molar-refractivity contribution is 6.31. The predicted octanol–water partition coefficient (Wildman–Crippen LogP) is 13.2. The molecule has 0 saturated heterocycles. The number of aromatic nitrogens is 4. The zero-order valence-corrected chi connectivity index (χ0v) is 31.0. The van der Waals surface area contributed by atoms with E-state index in [1.807, 2.05) is 66.7 Å². The van der Waals surface area contributed by atoms with E-state index >= 15 is 0 Å². The van der Waals surface area contributed by atoms with Crippen LogP contribution in [-0.4, -0.2) is 19.5 Å². The van der Waals surface area contributed by atoms with Crippen LogP contribution in [-0.2, 0) is 5.41 Å². The maximum absolute atomic E-state index is 6.79. The van der Waals surface area contributed by atoms with Gasteiger partial charge >= 0.3 is 0 Å². The van der Waals surface area contributed by atoms with Gasteiger partial charge in [-0.1, -0.05) is 153 Å². The van der Waals surface area contributed by atoms with Crippen LogP contribution in [0, 0.1) is 0 Å². The fourth-order valence-electron chi connectivity index (χ4n) is 8.94. The Balaban J connectivity index is 1.16. The Morgan fingerprint density at radius 2 is 1.05 bits per heavy atom. The monoisotopic (exact) mass is 724 g/mol. The van der Waals surface area contributed by atoms with E-state index in [0.717, 1.165) is 44.2 Å². The smallest absolute Gasteiger partial charge is 0.164 e. The van der Waals surface area contributed by atoms with E-state index in [0.29, 0.717) is 22.5 Å². The topological polar surface area (TPSA) is 43.6 Å². The number of halogens is 1. The molecule has 1 aliphatic rings. The summed E-state index contributed by atoms with van der Waals surface area (Å²) in [7, 11) is 0. The van der Waals surface area contributed by atoms with Gasteiger partial charge in [-0.05, 0) is 74.8 Å². The molecule has 8 aromatic carbocycles. The van der Waals surface area contributed by atoms with Gasteiger partial charge in [-0.15, -0.1) is 0 Å². The van der Waals surface area contributed by atoms with Gasteiger partial charge < -0.3 is 4.57 Å². The lowest BCUT2D eigenvalue weighted by molar-refractivity contribution is 0.667. The van der Waals surface area contributed by atoms with E-state index in [1.165, 1.54) is 43.8 Å². The molecule has 0 radical (unpaired) electrons. The molecule has 0 bridgehead atoms. The predicted molar refractivity (Wildman–Crippen MR) is 228 cm³/mol. The zero-order valence-electron chi connectivity index (χ0n) is 30.3. The van der Waals surface area contributed by atoms with E-state index in [-0.39, 0.29) is 5.41 Å². The Labute approximate surface area is 323 Å². The Bertz CT molecular complexity index is 3120. The lowest BCUT2D eigenvalue weighted by atomic mass is 9.80. The van der Waals surface area contributed by atoms with Gasteiger partial charge in [0.1, 0.15) is 0 Å². The molecule has 0 atom stereocenters. The summed E-state index contributed by atoms with van der Waals surface area (Å²) in [6.45, 7) is 4.73. The van der Waals surface area contributed by atoms with Crippen LogP contribution in [0.2, 0.25) is 5.02 Å². The van der Waals surface area contributed by atoms with Crippen molar-refractivity contribution in [1.82, 2.24) is 19.5 Å². The highest BCUT2D eigenvalue weighted by Crippen LogP contribution is 2.53. The van der Waals surface area contributed by atoms with Crippen molar-refractivity contribution in [3.05, 3.63) is 180 Å². The number of hydrogen-bond acceptors (Lipinski definition) is 3. The van der Waals surface area contributed by atoms with E-state index in [4.69, 9.17) is 26.6 Å². The first-order valence-corrected chi connectivity index (χ1v) is 19.0. The van der Waals surface area contributed by atoms with Crippen molar-refractivity contribution in [3.8, 4) is 51.0 Å². The number of nitrogens with zero attached hydrogens (tertiary/aromatic N) is 4. The lowest BCUT2D eigenvalue weighted by Gasteiger charge is -2.23. The van der Waals surface area contributed by atoms with E-state index in [1.54, 1.807) is 0 Å². The Kier molecular flexibility index (Phi) is 6.92. The van der Waals surface area contributed by atoms with Crippen LogP contribution < -0.4 is 0 Å². The van der Waals surface area contributed by atoms with Gasteiger partial charge in [0.25, 0.3) is 0 Å². The fraction of sp³-hybridized carbons (Fsp3) is 0.0600. The first-order chi connectivity index (χ1) is 26.9. The molecular formula is C50H33ClN4. The van der Waals surface area contributed by atoms with Crippen molar-refractivity contribution >= 4 is 55.0 Å². The number of fused-ring (bicyclic) bond motifs is 9. The molecule has 0 spiro atoms. The largest absolute Gasteiger partial charge is 0.309 e. The van der Waals surface area contributed by atoms with E-state index < -0.39 is 0 Å². The van der Waals surface area contributed by atoms with Gasteiger partial charge in [-0.2, -0.15) is 0 Å². The summed E-state index contributed by atoms with van der Waals surface area (Å²) < 4.78 is 2.40. The summed E-state index contributed by atoms with van der Waals surface area (Å²) in [5.41, 5.74) is 11.2. The van der Waals surface area contributed by atoms with Crippen LogP contribution in [0.5, 0.6) is 0 Å². The van der Waals surface area contributed by atoms with Crippen molar-refractivity contribution < 1.29 is 0 Å². The quantitative estimate of drug-likeness (QED) is 0.181. The van der Waals surface area contributed by atoms with Gasteiger partial charge in [-0.25, -0.2) is 15.0 Å². The second-order valence-corrected chi connectivity index (χ2v) is 15.4. The molecule has 2 heterocycles. The second-order valence-electron chi connectivity index (χ2n) is 15.0. The summed E-state index contributed by atoms with van der Waals surface area (Å²) in [5.74, 6) is 1.91. The highest BCUT2D eigenvalue weighted by atomic mass is 35.5. The molecule has 55 heavy (non-hydrogen) atoms. The SMILES string of the molecule is CC1(C)c2cc3c(cc2-c2ccc4ccccc4c21)c1ccc(Cl)cc1n3-c1ccc(-c2nc(-c3ccccc3)nc(-c3ccccc3)n2)c2ccccc12. The van der Waals surface area contributed by atoms with Gasteiger partial charge in [0.05, 0.1) is 16.7 Å². The molecule has 11 rings (SSSR count). The van der Waals surface area contributed by atoms with Crippen molar-refractivity contribution in [2.24, 2.45) is 0 Å². The van der Waals surface area contributed by atoms with Crippen LogP contribution >= 0.6 is 11.6 Å². The van der Waals surface area contributed by atoms with Gasteiger partial charge in [-0.3, -0.25) is 0 Å². The van der Waals surface area contributed by atoms with E-state index in [2.05, 4.69) is 115 Å². The molecule has 5 heteroatoms. The summed E-state index contributed by atoms with van der Waals surface area (Å²) in [5, 5.41) is 7.81. The molecular weight excluding hydrogens is 692 g/mol. The first-order valence-electron chi connectivity index (χ1n) is 18.6. The third-order valence-corrected chi connectivity index (χ3v) is 11.7. The van der Waals surface area contributed by atoms with Crippen molar-refractivity contribution in [1.29, 1.82) is 0 Å². The minimum atomic E-state index is -0.198. The molecule has 260 valence electrons. The molecule has 0 saturated carbocycles. The van der Waals surface area contributed by atoms with Gasteiger partial charge in [0.15, 0.2) is 17.5 Å². The van der Waals surface area contributed by atoms with E-state index in [9.17, 15) is 0 Å². The summed E-state index contributed by atoms with van der Waals surface area (Å²) >= 11 is 6.79. The van der Waals surface area contributed by atoms with Crippen LogP contribution in [0.1, 0.15) is 25.0 Å². The summed E-state index contributed by atoms with van der Waals surface area (Å²) in [6.07, 6.45) is 0. The van der Waals surface area contributed by atoms with Gasteiger partial charge in [0.2, 0.25) is 0 Å². The second kappa shape index (κ2) is 11.9. The normalized spacial score (nSPS) is 13.1. The Hall–Kier alpha value is -6.62. The first kappa shape index (κ1) is 31.9. The minimum Gasteiger partial charge on any atom is -0.309 e. The molecule has 4 nitrogen and oxygen atoms in total. The van der Waals surface area contributed by atoms with Gasteiger partial charge in [0, 0.05) is 43.3 Å². The number of hydrogen-bond donors (Lipinski definition) is 0. The third kappa shape index (κ3) is 4.81. The molecule has 2 aromatic heterocycles. The van der Waals surface area contributed by atoms with Crippen LogP contribution in [0.25, 0.3) is 94.3 Å². The molecule has 1 aliphatic carbocycles. The average Bonchev–Trinajstić information content (AvgIpc) is 3.66. The molecule has 0 fully saturated rings. The Morgan fingerprint density at radius 3 is 1.78 bits per heavy atom. The van der Waals surface area contributed by atoms with Crippen molar-refractivity contribution in [2.45, 2.75) is 19.3 Å². The molecule has 0 N–H and O–H groups in total. The highest BCUT2D eigenvalue weighted by Gasteiger charge is 2.38. The third-order valence-electron chi connectivity index (χ3n) is 11.5. The van der Waals surface area contributed by atoms with Crippen molar-refractivity contribution in [2.75, 3.05) is 0 Å². The van der Waals surface area contributed by atoms with Crippen LogP contribution in [0.3, 0.4) is 0 Å². The minimum absolute atomic E-state index is 0.198. The molecule has 10 aromatic rings. The maximum Gasteiger partial charge on any atom is 0.164 e. The number of rotatable bonds is 4. The number of benzene rings is 8. The van der Waals surface area contributed by atoms with Crippen LogP contribution in [0.4, 0.5) is 0 Å². The Morgan fingerprint density at radius 1 is 0.455 bits per heavy atom. The molecule has 0 aliphatic heterocycles. The standard InChI is InChI=1S/C50H33ClN4/c1-50(2)42-29-45-41(28-40(42)38-23-21-30-13-9-10-18-34(30)46(38)50)37-24-22-33(51)27-44(37)55(45)43-26-25-39(35-19-11-12-20-36(35)43)49-53-47(31-14-5-3-6-15-31)52-48(54-49)32-16-7-4-8-17-32/h3-29H,1-2H3. The molecule has 0 unspecified atom stereocenters. The van der Waals surface area contributed by atoms with Crippen LogP contribution in [0.15, 0.2) is 164 Å². The zero-order chi connectivity index (χ0) is 36.8. The van der Waals surface area contributed by atoms with Crippen molar-refractivity contribution in [3.63, 3.8) is 0 Å². The summed E-state index contributed by atoms with van der Waals surface area (Å²) in [6, 6.07) is 57.6. The lowest BCUT2D eigenvalue weighted by Crippen LogP contribution is -2.15. The molecule has 0 amide bonds. The summed E-state index contributed by atoms with van der Waals surface area (Å²) in [4.78, 5) is 15.2. The average molecular weight is 725 g/mol. The fourth-order valence-corrected chi connectivity index (χ4v) is 9.11.